The van der Waals surface area contributed by atoms with E-state index in [-0.39, 0.29) is 12.2 Å². The molecule has 1 fully saturated rings. The summed E-state index contributed by atoms with van der Waals surface area (Å²) in [7, 11) is 0. The van der Waals surface area contributed by atoms with Crippen molar-refractivity contribution in [3.8, 4) is 0 Å². The maximum atomic E-state index is 10.5. The quantitative estimate of drug-likeness (QED) is 0.908. The monoisotopic (exact) mass is 323 g/mol. The van der Waals surface area contributed by atoms with Gasteiger partial charge in [0, 0.05) is 30.0 Å². The molecule has 0 amide bonds. The first kappa shape index (κ1) is 15.7. The van der Waals surface area contributed by atoms with Gasteiger partial charge in [0.05, 0.1) is 30.0 Å². The second-order valence-electron chi connectivity index (χ2n) is 6.15. The molecule has 6 heteroatoms. The Hall–Kier alpha value is -1.14. The molecule has 120 valence electrons. The average molecular weight is 324 g/mol. The number of halogens is 1. The Balaban J connectivity index is 1.65. The first-order valence-corrected chi connectivity index (χ1v) is 8.09. The summed E-state index contributed by atoms with van der Waals surface area (Å²) in [5, 5.41) is 18.9. The lowest BCUT2D eigenvalue weighted by atomic mass is 10.0. The van der Waals surface area contributed by atoms with Gasteiger partial charge in [0.1, 0.15) is 0 Å². The minimum atomic E-state index is -0.569. The van der Waals surface area contributed by atoms with E-state index in [1.54, 1.807) is 6.20 Å². The first-order valence-electron chi connectivity index (χ1n) is 7.71. The molecule has 1 saturated heterocycles. The Kier molecular flexibility index (Phi) is 4.68. The molecular weight excluding hydrogens is 302 g/mol. The minimum Gasteiger partial charge on any atom is -0.388 e. The van der Waals surface area contributed by atoms with Crippen LogP contribution in [0.5, 0.6) is 0 Å². The van der Waals surface area contributed by atoms with E-state index in [9.17, 15) is 5.11 Å². The molecule has 0 saturated carbocycles. The number of aromatic amines is 1. The molecule has 22 heavy (non-hydrogen) atoms. The molecular formula is C16H22ClN3O2. The molecule has 5 nitrogen and oxygen atoms in total. The van der Waals surface area contributed by atoms with Crippen molar-refractivity contribution in [1.82, 2.24) is 15.1 Å². The normalized spacial score (nSPS) is 24.7. The molecule has 3 atom stereocenters. The van der Waals surface area contributed by atoms with Gasteiger partial charge >= 0.3 is 0 Å². The van der Waals surface area contributed by atoms with Crippen molar-refractivity contribution in [2.24, 2.45) is 0 Å². The molecule has 2 heterocycles. The highest BCUT2D eigenvalue weighted by molar-refractivity contribution is 6.32. The van der Waals surface area contributed by atoms with Crippen LogP contribution in [0.3, 0.4) is 0 Å². The third-order valence-electron chi connectivity index (χ3n) is 4.13. The highest BCUT2D eigenvalue weighted by Gasteiger charge is 2.23. The molecule has 3 rings (SSSR count). The first-order chi connectivity index (χ1) is 10.5. The zero-order chi connectivity index (χ0) is 15.7. The molecule has 3 unspecified atom stereocenters. The summed E-state index contributed by atoms with van der Waals surface area (Å²) in [5.41, 5.74) is 1.65. The van der Waals surface area contributed by atoms with E-state index in [4.69, 9.17) is 16.3 Å². The van der Waals surface area contributed by atoms with E-state index >= 15 is 0 Å². The van der Waals surface area contributed by atoms with Crippen LogP contribution in [0.2, 0.25) is 5.02 Å². The highest BCUT2D eigenvalue weighted by atomic mass is 35.5. The molecule has 0 bridgehead atoms. The smallest absolute Gasteiger partial charge is 0.0816 e. The lowest BCUT2D eigenvalue weighted by molar-refractivity contribution is -0.0702. The van der Waals surface area contributed by atoms with E-state index in [0.717, 1.165) is 36.1 Å². The van der Waals surface area contributed by atoms with Gasteiger partial charge in [-0.15, -0.1) is 0 Å². The van der Waals surface area contributed by atoms with Gasteiger partial charge in [0.15, 0.2) is 0 Å². The predicted molar refractivity (Wildman–Crippen MR) is 87.1 cm³/mol. The lowest BCUT2D eigenvalue weighted by Crippen LogP contribution is -2.45. The molecule has 1 aliphatic rings. The maximum Gasteiger partial charge on any atom is 0.0816 e. The lowest BCUT2D eigenvalue weighted by Gasteiger charge is -2.35. The standard InChI is InChI=1S/C16H22ClN3O2/c1-10-8-20(9-11(2)22-10)4-3-16(21)13-5-12-7-18-19-15(12)6-14(13)17/h5-7,10-11,16,21H,3-4,8-9H2,1-2H3,(H,18,19). The van der Waals surface area contributed by atoms with E-state index in [1.165, 1.54) is 0 Å². The fourth-order valence-electron chi connectivity index (χ4n) is 3.17. The van der Waals surface area contributed by atoms with Crippen LogP contribution in [0, 0.1) is 0 Å². The number of aliphatic hydroxyl groups is 1. The van der Waals surface area contributed by atoms with Gasteiger partial charge < -0.3 is 9.84 Å². The summed E-state index contributed by atoms with van der Waals surface area (Å²) < 4.78 is 5.73. The van der Waals surface area contributed by atoms with Gasteiger partial charge in [0.25, 0.3) is 0 Å². The fourth-order valence-corrected chi connectivity index (χ4v) is 3.45. The van der Waals surface area contributed by atoms with Crippen LogP contribution >= 0.6 is 11.6 Å². The Morgan fingerprint density at radius 1 is 1.41 bits per heavy atom. The molecule has 1 aliphatic heterocycles. The molecule has 0 spiro atoms. The van der Waals surface area contributed by atoms with Gasteiger partial charge in [-0.3, -0.25) is 10.00 Å². The molecule has 2 N–H and O–H groups in total. The summed E-state index contributed by atoms with van der Waals surface area (Å²) in [4.78, 5) is 2.34. The van der Waals surface area contributed by atoms with Crippen LogP contribution in [0.15, 0.2) is 18.3 Å². The number of ether oxygens (including phenoxy) is 1. The molecule has 0 aliphatic carbocycles. The Morgan fingerprint density at radius 2 is 2.14 bits per heavy atom. The van der Waals surface area contributed by atoms with Crippen LogP contribution < -0.4 is 0 Å². The van der Waals surface area contributed by atoms with Crippen molar-refractivity contribution in [1.29, 1.82) is 0 Å². The number of benzene rings is 1. The zero-order valence-corrected chi connectivity index (χ0v) is 13.7. The van der Waals surface area contributed by atoms with Crippen molar-refractivity contribution in [2.45, 2.75) is 38.6 Å². The molecule has 2 aromatic rings. The van der Waals surface area contributed by atoms with Crippen LogP contribution in [0.4, 0.5) is 0 Å². The molecule has 1 aromatic carbocycles. The number of hydrogen-bond acceptors (Lipinski definition) is 4. The Bertz CT molecular complexity index is 635. The number of morpholine rings is 1. The predicted octanol–water partition coefficient (Wildman–Crippen LogP) is 2.75. The number of fused-ring (bicyclic) bond motifs is 1. The zero-order valence-electron chi connectivity index (χ0n) is 12.9. The Morgan fingerprint density at radius 3 is 2.86 bits per heavy atom. The van der Waals surface area contributed by atoms with Crippen molar-refractivity contribution < 1.29 is 9.84 Å². The summed E-state index contributed by atoms with van der Waals surface area (Å²) in [6.07, 6.45) is 2.31. The van der Waals surface area contributed by atoms with Crippen LogP contribution in [0.1, 0.15) is 31.9 Å². The average Bonchev–Trinajstić information content (AvgIpc) is 2.90. The largest absolute Gasteiger partial charge is 0.388 e. The number of aromatic nitrogens is 2. The van der Waals surface area contributed by atoms with Gasteiger partial charge in [0.2, 0.25) is 0 Å². The second-order valence-corrected chi connectivity index (χ2v) is 6.56. The fraction of sp³-hybridized carbons (Fsp3) is 0.562. The summed E-state index contributed by atoms with van der Waals surface area (Å²) in [6, 6.07) is 3.73. The number of aliphatic hydroxyl groups excluding tert-OH is 1. The van der Waals surface area contributed by atoms with E-state index in [0.29, 0.717) is 11.4 Å². The van der Waals surface area contributed by atoms with Gasteiger partial charge in [-0.2, -0.15) is 5.10 Å². The van der Waals surface area contributed by atoms with Crippen molar-refractivity contribution in [3.05, 3.63) is 28.9 Å². The summed E-state index contributed by atoms with van der Waals surface area (Å²) >= 11 is 6.28. The van der Waals surface area contributed by atoms with E-state index in [2.05, 4.69) is 28.9 Å². The third kappa shape index (κ3) is 3.43. The summed E-state index contributed by atoms with van der Waals surface area (Å²) in [6.45, 7) is 6.82. The number of hydrogen-bond donors (Lipinski definition) is 2. The third-order valence-corrected chi connectivity index (χ3v) is 4.46. The van der Waals surface area contributed by atoms with E-state index < -0.39 is 6.10 Å². The highest BCUT2D eigenvalue weighted by Crippen LogP contribution is 2.29. The SMILES string of the molecule is CC1CN(CCC(O)c2cc3cn[nH]c3cc2Cl)CC(C)O1. The van der Waals surface area contributed by atoms with Crippen LogP contribution in [-0.4, -0.2) is 52.0 Å². The van der Waals surface area contributed by atoms with E-state index in [1.807, 2.05) is 12.1 Å². The molecule has 1 aromatic heterocycles. The van der Waals surface area contributed by atoms with Crippen molar-refractivity contribution in [2.75, 3.05) is 19.6 Å². The number of H-pyrrole nitrogens is 1. The van der Waals surface area contributed by atoms with Gasteiger partial charge in [-0.25, -0.2) is 0 Å². The number of nitrogens with zero attached hydrogens (tertiary/aromatic N) is 2. The Labute approximate surface area is 135 Å². The molecule has 0 radical (unpaired) electrons. The number of nitrogens with one attached hydrogen (secondary N) is 1. The second kappa shape index (κ2) is 6.54. The summed E-state index contributed by atoms with van der Waals surface area (Å²) in [5.74, 6) is 0. The topological polar surface area (TPSA) is 61.4 Å². The van der Waals surface area contributed by atoms with Crippen molar-refractivity contribution >= 4 is 22.5 Å². The van der Waals surface area contributed by atoms with Gasteiger partial charge in [-0.1, -0.05) is 11.6 Å². The van der Waals surface area contributed by atoms with Gasteiger partial charge in [-0.05, 0) is 38.0 Å². The number of rotatable bonds is 4. The minimum absolute atomic E-state index is 0.242. The van der Waals surface area contributed by atoms with Crippen LogP contribution in [-0.2, 0) is 4.74 Å². The van der Waals surface area contributed by atoms with Crippen molar-refractivity contribution in [3.63, 3.8) is 0 Å². The maximum absolute atomic E-state index is 10.5. The van der Waals surface area contributed by atoms with Crippen LogP contribution in [0.25, 0.3) is 10.9 Å².